The molecule has 4 aromatic rings. The number of halogens is 5. The summed E-state index contributed by atoms with van der Waals surface area (Å²) in [6, 6.07) is 26.1. The highest BCUT2D eigenvalue weighted by molar-refractivity contribution is 7.99. The summed E-state index contributed by atoms with van der Waals surface area (Å²) in [6.07, 6.45) is 6.15. The number of hydrogen-bond acceptors (Lipinski definition) is 14. The maximum atomic E-state index is 14.3. The Balaban J connectivity index is 0.00000822. The Labute approximate surface area is 480 Å². The average molecular weight is 1190 g/mol. The Morgan fingerprint density at radius 2 is 1.51 bits per heavy atom. The van der Waals surface area contributed by atoms with E-state index in [2.05, 4.69) is 54.2 Å². The number of allylic oxidation sites excluding steroid dienone is 1. The number of sulfone groups is 1. The van der Waals surface area contributed by atoms with Crippen molar-refractivity contribution in [3.8, 4) is 0 Å². The fourth-order valence-corrected chi connectivity index (χ4v) is 14.8. The van der Waals surface area contributed by atoms with Crippen LogP contribution in [0.1, 0.15) is 61.4 Å². The summed E-state index contributed by atoms with van der Waals surface area (Å²) < 4.78 is 104. The highest BCUT2D eigenvalue weighted by atomic mass is 35.5. The highest BCUT2D eigenvalue weighted by Gasteiger charge is 2.48. The minimum Gasteiger partial charge on any atom is -0.380 e. The first kappa shape index (κ1) is 61.1. The fourth-order valence-electron chi connectivity index (χ4n) is 11.7. The number of carbonyl (C=O) groups is 1. The molecule has 4 fully saturated rings. The van der Waals surface area contributed by atoms with Crippen LogP contribution in [-0.2, 0) is 24.6 Å². The lowest BCUT2D eigenvalue weighted by Crippen LogP contribution is -2.48. The number of anilines is 2. The predicted octanol–water partition coefficient (Wildman–Crippen LogP) is 8.85. The van der Waals surface area contributed by atoms with Gasteiger partial charge in [-0.2, -0.15) is 13.2 Å². The molecule has 1 amide bonds. The van der Waals surface area contributed by atoms with Crippen LogP contribution in [0.15, 0.2) is 117 Å². The summed E-state index contributed by atoms with van der Waals surface area (Å²) in [5.41, 5.74) is -0.975. The van der Waals surface area contributed by atoms with Gasteiger partial charge >= 0.3 is 5.51 Å². The molecule has 22 heteroatoms. The van der Waals surface area contributed by atoms with E-state index in [4.69, 9.17) is 16.3 Å². The number of thioether (sulfide) groups is 1. The molecule has 79 heavy (non-hydrogen) atoms. The number of sulfonamides is 1. The van der Waals surface area contributed by atoms with E-state index in [-0.39, 0.29) is 23.4 Å². The molecule has 3 N–H and O–H groups in total. The zero-order valence-corrected chi connectivity index (χ0v) is 48.9. The van der Waals surface area contributed by atoms with Crippen LogP contribution in [0.3, 0.4) is 0 Å². The van der Waals surface area contributed by atoms with Crippen LogP contribution in [-0.4, -0.2) is 178 Å². The van der Waals surface area contributed by atoms with Crippen molar-refractivity contribution in [1.29, 1.82) is 0 Å². The number of ether oxygens (including phenoxy) is 1. The molecule has 0 radical (unpaired) electrons. The topological polar surface area (TPSA) is 147 Å². The molecule has 4 aromatic carbocycles. The van der Waals surface area contributed by atoms with Crippen molar-refractivity contribution in [3.05, 3.63) is 119 Å². The molecule has 0 saturated carbocycles. The Morgan fingerprint density at radius 3 is 2.18 bits per heavy atom. The Kier molecular flexibility index (Phi) is 21.2. The molecule has 5 aliphatic rings. The van der Waals surface area contributed by atoms with E-state index in [1.165, 1.54) is 60.0 Å². The van der Waals surface area contributed by atoms with Gasteiger partial charge in [0.05, 0.1) is 23.8 Å². The van der Waals surface area contributed by atoms with Gasteiger partial charge in [0.25, 0.3) is 25.8 Å². The second kappa shape index (κ2) is 27.4. The summed E-state index contributed by atoms with van der Waals surface area (Å²) in [7, 11) is -10.9. The number of nitrogens with zero attached hydrogens (tertiary/aromatic N) is 5. The fraction of sp³-hybridized carbons (Fsp3) is 0.526. The van der Waals surface area contributed by atoms with Crippen molar-refractivity contribution in [2.45, 2.75) is 71.7 Å². The zero-order chi connectivity index (χ0) is 54.9. The predicted molar refractivity (Wildman–Crippen MR) is 312 cm³/mol. The first-order valence-electron chi connectivity index (χ1n) is 27.4. The maximum absolute atomic E-state index is 14.3. The Hall–Kier alpha value is -3.93. The molecule has 4 saturated heterocycles. The highest BCUT2D eigenvalue weighted by Crippen LogP contribution is 2.45. The van der Waals surface area contributed by atoms with Gasteiger partial charge in [-0.25, -0.2) is 21.6 Å². The first-order valence-corrected chi connectivity index (χ1v) is 31.7. The second-order valence-electron chi connectivity index (χ2n) is 21.9. The molecular formula is C57H75Cl2F3N8O6S3. The average Bonchev–Trinajstić information content (AvgIpc) is 3.59. The van der Waals surface area contributed by atoms with Gasteiger partial charge in [0.2, 0.25) is 0 Å². The van der Waals surface area contributed by atoms with Crippen LogP contribution in [0.5, 0.6) is 0 Å². The SMILES string of the molecule is CC1(CN2CCC(CN3CCNCC3)CC2)CCC(c2ccc(Cl)cc2)=C(CN2CCN(c3ccc(C(=O)NS(=O)(=O)c4ccc(NC(CCN5CCOCC5)CSc5ccccc5)c(S(=O)(=O)C(F)(F)F)c4)cc3)CC2)C1.Cl. The molecule has 2 unspecified atom stereocenters. The largest absolute Gasteiger partial charge is 0.501 e. The third-order valence-corrected chi connectivity index (χ3v) is 20.4. The smallest absolute Gasteiger partial charge is 0.380 e. The number of piperidine rings is 1. The van der Waals surface area contributed by atoms with Gasteiger partial charge < -0.3 is 30.1 Å². The Bertz CT molecular complexity index is 2900. The van der Waals surface area contributed by atoms with Gasteiger partial charge in [-0.3, -0.25) is 14.6 Å². The molecule has 1 aliphatic carbocycles. The van der Waals surface area contributed by atoms with Crippen LogP contribution in [0.25, 0.3) is 5.57 Å². The van der Waals surface area contributed by atoms with Crippen LogP contribution in [0.2, 0.25) is 5.02 Å². The molecular weight excluding hydrogens is 1120 g/mol. The first-order chi connectivity index (χ1) is 37.4. The third kappa shape index (κ3) is 16.4. The monoisotopic (exact) mass is 1190 g/mol. The minimum atomic E-state index is -6.07. The summed E-state index contributed by atoms with van der Waals surface area (Å²) >= 11 is 7.80. The number of nitrogens with one attached hydrogen (secondary N) is 3. The summed E-state index contributed by atoms with van der Waals surface area (Å²) in [5, 5.41) is 7.21. The zero-order valence-electron chi connectivity index (χ0n) is 44.9. The molecule has 0 aromatic heterocycles. The molecule has 14 nitrogen and oxygen atoms in total. The number of carbonyl (C=O) groups excluding carboxylic acids is 1. The number of likely N-dealkylation sites (tertiary alicyclic amines) is 1. The normalized spacial score (nSPS) is 21.4. The number of amides is 1. The van der Waals surface area contributed by atoms with Gasteiger partial charge in [-0.15, -0.1) is 24.2 Å². The van der Waals surface area contributed by atoms with Crippen molar-refractivity contribution in [2.75, 3.05) is 134 Å². The van der Waals surface area contributed by atoms with E-state index in [1.807, 2.05) is 47.2 Å². The second-order valence-corrected chi connectivity index (χ2v) is 27.0. The lowest BCUT2D eigenvalue weighted by molar-refractivity contribution is -0.0435. The Morgan fingerprint density at radius 1 is 0.823 bits per heavy atom. The van der Waals surface area contributed by atoms with Gasteiger partial charge in [0, 0.05) is 125 Å². The molecule has 432 valence electrons. The number of hydrogen-bond donors (Lipinski definition) is 3. The van der Waals surface area contributed by atoms with E-state index in [1.54, 1.807) is 12.1 Å². The maximum Gasteiger partial charge on any atom is 0.501 e. The van der Waals surface area contributed by atoms with Gasteiger partial charge in [0.1, 0.15) is 4.90 Å². The molecule has 0 spiro atoms. The standard InChI is InChI=1S/C57H74ClF3N8O6S3.ClH/c1-56(42-68-24-18-43(19-25-68)39-66-27-22-62-23-28-66)21-17-52(44-7-11-47(58)12-8-44)46(38-56)40-67-29-31-69(32-30-67)49-13-9-45(10-14-49)55(70)64-78(73,74)51-15-16-53(54(37-51)77(71,72)57(59,60)61)63-48(20-26-65-33-35-75-36-34-65)41-76-50-5-3-2-4-6-50;/h2-16,37,43,48,62-63H,17-36,38-42H2,1H3,(H,64,70);1H. The van der Waals surface area contributed by atoms with Crippen molar-refractivity contribution >= 4 is 78.5 Å². The van der Waals surface area contributed by atoms with Crippen LogP contribution >= 0.6 is 35.8 Å². The lowest BCUT2D eigenvalue weighted by atomic mass is 9.71. The van der Waals surface area contributed by atoms with Crippen LogP contribution < -0.4 is 20.3 Å². The summed E-state index contributed by atoms with van der Waals surface area (Å²) in [4.78, 5) is 24.6. The molecule has 4 aliphatic heterocycles. The van der Waals surface area contributed by atoms with E-state index in [9.17, 15) is 34.8 Å². The van der Waals surface area contributed by atoms with Crippen LogP contribution in [0, 0.1) is 11.3 Å². The van der Waals surface area contributed by atoms with Gasteiger partial charge in [-0.1, -0.05) is 54.4 Å². The van der Waals surface area contributed by atoms with E-state index >= 15 is 0 Å². The quantitative estimate of drug-likeness (QED) is 0.0725. The van der Waals surface area contributed by atoms with Crippen molar-refractivity contribution in [3.63, 3.8) is 0 Å². The summed E-state index contributed by atoms with van der Waals surface area (Å²) in [6.45, 7) is 18.6. The van der Waals surface area contributed by atoms with E-state index < -0.39 is 52.8 Å². The minimum absolute atomic E-state index is 0. The molecule has 0 bridgehead atoms. The van der Waals surface area contributed by atoms with Crippen molar-refractivity contribution in [2.24, 2.45) is 11.3 Å². The third-order valence-electron chi connectivity index (χ3n) is 16.1. The van der Waals surface area contributed by atoms with Crippen molar-refractivity contribution < 1.29 is 39.5 Å². The summed E-state index contributed by atoms with van der Waals surface area (Å²) in [5.74, 6) is 0.122. The molecule has 4 heterocycles. The van der Waals surface area contributed by atoms with Crippen LogP contribution in [0.4, 0.5) is 24.5 Å². The molecule has 2 atom stereocenters. The number of morpholine rings is 1. The van der Waals surface area contributed by atoms with E-state index in [0.717, 1.165) is 131 Å². The van der Waals surface area contributed by atoms with Gasteiger partial charge in [0.15, 0.2) is 0 Å². The number of rotatable bonds is 20. The van der Waals surface area contributed by atoms with E-state index in [0.29, 0.717) is 51.1 Å². The number of benzene rings is 4. The molecule has 9 rings (SSSR count). The number of alkyl halides is 3. The lowest BCUT2D eigenvalue weighted by Gasteiger charge is -2.44. The van der Waals surface area contributed by atoms with Crippen molar-refractivity contribution in [1.82, 2.24) is 29.6 Å². The number of piperazine rings is 2. The van der Waals surface area contributed by atoms with Gasteiger partial charge in [-0.05, 0) is 141 Å².